The molecule has 1 heteroatoms. The zero-order chi connectivity index (χ0) is 13.4. The Bertz CT molecular complexity index is 370. The Morgan fingerprint density at radius 3 is 2.47 bits per heavy atom. The van der Waals surface area contributed by atoms with E-state index in [0.717, 1.165) is 18.3 Å². The van der Waals surface area contributed by atoms with Crippen molar-refractivity contribution in [3.8, 4) is 0 Å². The van der Waals surface area contributed by atoms with Crippen LogP contribution in [-0.2, 0) is 4.79 Å². The van der Waals surface area contributed by atoms with Crippen molar-refractivity contribution in [3.63, 3.8) is 0 Å². The van der Waals surface area contributed by atoms with Gasteiger partial charge in [-0.05, 0) is 42.9 Å². The third kappa shape index (κ3) is 2.10. The van der Waals surface area contributed by atoms with E-state index in [0.29, 0.717) is 29.5 Å². The van der Waals surface area contributed by atoms with Gasteiger partial charge in [0.2, 0.25) is 0 Å². The number of hydrogen-bond acceptors (Lipinski definition) is 1. The van der Waals surface area contributed by atoms with Gasteiger partial charge < -0.3 is 0 Å². The van der Waals surface area contributed by atoms with Gasteiger partial charge in [-0.2, -0.15) is 0 Å². The molecule has 0 N–H and O–H groups in total. The van der Waals surface area contributed by atoms with Crippen molar-refractivity contribution in [2.45, 2.75) is 58.8 Å². The summed E-state index contributed by atoms with van der Waals surface area (Å²) in [6.45, 7) is 4.52. The molecule has 0 saturated heterocycles. The van der Waals surface area contributed by atoms with Crippen molar-refractivity contribution >= 4 is 5.78 Å². The number of unbranched alkanes of at least 4 members (excludes halogenated alkanes) is 2. The van der Waals surface area contributed by atoms with Crippen LogP contribution in [0.5, 0.6) is 0 Å². The highest BCUT2D eigenvalue weighted by molar-refractivity contribution is 5.87. The van der Waals surface area contributed by atoms with Crippen LogP contribution >= 0.6 is 0 Å². The van der Waals surface area contributed by atoms with Crippen LogP contribution in [0.2, 0.25) is 0 Å². The fourth-order valence-electron chi connectivity index (χ4n) is 5.19. The number of hydrogen-bond donors (Lipinski definition) is 0. The minimum atomic E-state index is 0.409. The summed E-state index contributed by atoms with van der Waals surface area (Å²) >= 11 is 0. The first-order valence-electron chi connectivity index (χ1n) is 8.50. The molecule has 6 atom stereocenters. The quantitative estimate of drug-likeness (QED) is 0.637. The number of allylic oxidation sites excluding steroid dienone is 2. The van der Waals surface area contributed by atoms with Crippen LogP contribution in [0.1, 0.15) is 58.8 Å². The number of fused-ring (bicyclic) bond motifs is 5. The number of rotatable bonds is 6. The second-order valence-corrected chi connectivity index (χ2v) is 7.01. The largest absolute Gasteiger partial charge is 0.299 e. The van der Waals surface area contributed by atoms with E-state index in [2.05, 4.69) is 26.0 Å². The smallest absolute Gasteiger partial charge is 0.140 e. The Balaban J connectivity index is 1.79. The molecule has 2 bridgehead atoms. The SMILES string of the molecule is CCCC[C@@H]1C(=O)C2C([C@@H]3C=C[C@H]2C3)[C@H]1CCCC. The molecular weight excluding hydrogens is 232 g/mol. The summed E-state index contributed by atoms with van der Waals surface area (Å²) in [6.07, 6.45) is 13.6. The molecule has 106 valence electrons. The summed E-state index contributed by atoms with van der Waals surface area (Å²) in [6, 6.07) is 0. The summed E-state index contributed by atoms with van der Waals surface area (Å²) in [5, 5.41) is 0. The van der Waals surface area contributed by atoms with Crippen molar-refractivity contribution in [1.29, 1.82) is 0 Å². The van der Waals surface area contributed by atoms with Crippen molar-refractivity contribution in [3.05, 3.63) is 12.2 Å². The summed E-state index contributed by atoms with van der Waals surface area (Å²) in [5.74, 6) is 4.26. The Labute approximate surface area is 117 Å². The zero-order valence-electron chi connectivity index (χ0n) is 12.5. The highest BCUT2D eigenvalue weighted by Gasteiger charge is 2.58. The van der Waals surface area contributed by atoms with Crippen LogP contribution < -0.4 is 0 Å². The average Bonchev–Trinajstić information content (AvgIpc) is 3.07. The number of carbonyl (C=O) groups excluding carboxylic acids is 1. The van der Waals surface area contributed by atoms with Gasteiger partial charge in [0.1, 0.15) is 5.78 Å². The van der Waals surface area contributed by atoms with Gasteiger partial charge in [0, 0.05) is 11.8 Å². The Kier molecular flexibility index (Phi) is 3.82. The molecule has 0 aliphatic heterocycles. The predicted molar refractivity (Wildman–Crippen MR) is 78.8 cm³/mol. The van der Waals surface area contributed by atoms with Crippen molar-refractivity contribution in [2.75, 3.05) is 0 Å². The van der Waals surface area contributed by atoms with Gasteiger partial charge in [0.25, 0.3) is 0 Å². The fourth-order valence-corrected chi connectivity index (χ4v) is 5.19. The molecule has 0 radical (unpaired) electrons. The number of ketones is 1. The molecule has 3 rings (SSSR count). The standard InChI is InChI=1S/C18H28O/c1-3-5-7-14-15(8-6-4-2)18(19)17-13-10-9-12(11-13)16(14)17/h9-10,12-17H,3-8,11H2,1-2H3/t12-,13+,14+,15+,16?,17?/m1/s1. The summed E-state index contributed by atoms with van der Waals surface area (Å²) in [5.41, 5.74) is 0. The third-order valence-electron chi connectivity index (χ3n) is 5.99. The minimum absolute atomic E-state index is 0.409. The fraction of sp³-hybridized carbons (Fsp3) is 0.833. The van der Waals surface area contributed by atoms with Crippen molar-refractivity contribution < 1.29 is 4.79 Å². The lowest BCUT2D eigenvalue weighted by Crippen LogP contribution is -2.21. The highest BCUT2D eigenvalue weighted by Crippen LogP contribution is 2.59. The van der Waals surface area contributed by atoms with Gasteiger partial charge in [-0.15, -0.1) is 0 Å². The molecule has 0 aromatic heterocycles. The first-order valence-corrected chi connectivity index (χ1v) is 8.50. The van der Waals surface area contributed by atoms with Crippen LogP contribution in [0.25, 0.3) is 0 Å². The average molecular weight is 260 g/mol. The van der Waals surface area contributed by atoms with Gasteiger partial charge in [0.15, 0.2) is 0 Å². The molecule has 0 heterocycles. The van der Waals surface area contributed by atoms with E-state index in [-0.39, 0.29) is 0 Å². The van der Waals surface area contributed by atoms with Crippen LogP contribution in [0.3, 0.4) is 0 Å². The lowest BCUT2D eigenvalue weighted by Gasteiger charge is -2.27. The molecular formula is C18H28O. The molecule has 0 spiro atoms. The Morgan fingerprint density at radius 1 is 1.05 bits per heavy atom. The maximum absolute atomic E-state index is 12.8. The lowest BCUT2D eigenvalue weighted by atomic mass is 9.77. The minimum Gasteiger partial charge on any atom is -0.299 e. The van der Waals surface area contributed by atoms with Gasteiger partial charge in [-0.25, -0.2) is 0 Å². The van der Waals surface area contributed by atoms with Gasteiger partial charge in [-0.1, -0.05) is 51.7 Å². The molecule has 3 aliphatic carbocycles. The molecule has 1 nitrogen and oxygen atoms in total. The molecule has 0 amide bonds. The first kappa shape index (κ1) is 13.4. The van der Waals surface area contributed by atoms with E-state index in [4.69, 9.17) is 0 Å². The van der Waals surface area contributed by atoms with Crippen LogP contribution in [0.4, 0.5) is 0 Å². The van der Waals surface area contributed by atoms with E-state index in [9.17, 15) is 4.79 Å². The monoisotopic (exact) mass is 260 g/mol. The second kappa shape index (κ2) is 5.42. The van der Waals surface area contributed by atoms with Crippen LogP contribution in [0.15, 0.2) is 12.2 Å². The second-order valence-electron chi connectivity index (χ2n) is 7.01. The van der Waals surface area contributed by atoms with Crippen molar-refractivity contribution in [2.24, 2.45) is 35.5 Å². The van der Waals surface area contributed by atoms with E-state index in [1.54, 1.807) is 0 Å². The number of carbonyl (C=O) groups is 1. The summed E-state index contributed by atoms with van der Waals surface area (Å²) < 4.78 is 0. The van der Waals surface area contributed by atoms with E-state index < -0.39 is 0 Å². The normalized spacial score (nSPS) is 43.2. The zero-order valence-corrected chi connectivity index (χ0v) is 12.5. The van der Waals surface area contributed by atoms with E-state index in [1.807, 2.05) is 0 Å². The van der Waals surface area contributed by atoms with Gasteiger partial charge >= 0.3 is 0 Å². The van der Waals surface area contributed by atoms with Crippen LogP contribution in [0, 0.1) is 35.5 Å². The summed E-state index contributed by atoms with van der Waals surface area (Å²) in [7, 11) is 0. The third-order valence-corrected chi connectivity index (χ3v) is 5.99. The Hall–Kier alpha value is -0.590. The molecule has 2 unspecified atom stereocenters. The first-order chi connectivity index (χ1) is 9.27. The lowest BCUT2D eigenvalue weighted by molar-refractivity contribution is -0.125. The van der Waals surface area contributed by atoms with Crippen LogP contribution in [-0.4, -0.2) is 5.78 Å². The van der Waals surface area contributed by atoms with Gasteiger partial charge in [0.05, 0.1) is 0 Å². The summed E-state index contributed by atoms with van der Waals surface area (Å²) in [4.78, 5) is 12.8. The van der Waals surface area contributed by atoms with Gasteiger partial charge in [-0.3, -0.25) is 4.79 Å². The molecule has 19 heavy (non-hydrogen) atoms. The molecule has 0 aromatic carbocycles. The molecule has 2 fully saturated rings. The molecule has 0 aromatic rings. The van der Waals surface area contributed by atoms with Crippen molar-refractivity contribution in [1.82, 2.24) is 0 Å². The number of Topliss-reactive ketones (excluding diaryl/α,β-unsaturated/α-hetero) is 1. The molecule has 3 aliphatic rings. The molecule has 2 saturated carbocycles. The highest BCUT2D eigenvalue weighted by atomic mass is 16.1. The maximum atomic E-state index is 12.8. The predicted octanol–water partition coefficient (Wildman–Crippen LogP) is 4.62. The van der Waals surface area contributed by atoms with E-state index in [1.165, 1.54) is 38.5 Å². The maximum Gasteiger partial charge on any atom is 0.140 e. The Morgan fingerprint density at radius 2 is 1.74 bits per heavy atom. The van der Waals surface area contributed by atoms with E-state index >= 15 is 0 Å². The topological polar surface area (TPSA) is 17.1 Å².